The summed E-state index contributed by atoms with van der Waals surface area (Å²) in [6, 6.07) is 5.29. The lowest BCUT2D eigenvalue weighted by molar-refractivity contribution is -0.286. The van der Waals surface area contributed by atoms with Crippen molar-refractivity contribution >= 4 is 0 Å². The molecule has 2 bridgehead atoms. The normalized spacial score (nSPS) is 37.0. The van der Waals surface area contributed by atoms with E-state index in [2.05, 4.69) is 21.4 Å². The van der Waals surface area contributed by atoms with E-state index in [9.17, 15) is 13.9 Å². The lowest BCUT2D eigenvalue weighted by Gasteiger charge is -2.42. The fourth-order valence-electron chi connectivity index (χ4n) is 3.92. The maximum absolute atomic E-state index is 13.1. The molecule has 3 heterocycles. The number of piperidine rings is 1. The van der Waals surface area contributed by atoms with Gasteiger partial charge in [-0.15, -0.1) is 8.78 Å². The van der Waals surface area contributed by atoms with Gasteiger partial charge in [0.1, 0.15) is 0 Å². The molecular formula is C15H17F2NO3. The Morgan fingerprint density at radius 3 is 2.43 bits per heavy atom. The standard InChI is InChI=1S/C15H17F2NO3/c1-18-10-3-4-11(18)8-14(19,7-10)9-2-5-12-13(6-9)21-15(16,17)20-12/h2,5-6,10-11,19H,3-4,7-8H2,1H3. The number of ether oxygens (including phenoxy) is 2. The minimum Gasteiger partial charge on any atom is -0.395 e. The molecule has 0 amide bonds. The Labute approximate surface area is 121 Å². The first-order chi connectivity index (χ1) is 9.86. The van der Waals surface area contributed by atoms with Gasteiger partial charge in [-0.2, -0.15) is 0 Å². The molecule has 4 rings (SSSR count). The molecule has 1 aromatic carbocycles. The van der Waals surface area contributed by atoms with Crippen LogP contribution in [-0.4, -0.2) is 35.4 Å². The van der Waals surface area contributed by atoms with E-state index >= 15 is 0 Å². The van der Waals surface area contributed by atoms with Crippen molar-refractivity contribution in [2.24, 2.45) is 0 Å². The highest BCUT2D eigenvalue weighted by Gasteiger charge is 2.48. The first-order valence-corrected chi connectivity index (χ1v) is 7.21. The van der Waals surface area contributed by atoms with E-state index in [0.717, 1.165) is 12.8 Å². The first-order valence-electron chi connectivity index (χ1n) is 7.21. The molecule has 0 spiro atoms. The zero-order valence-corrected chi connectivity index (χ0v) is 11.7. The van der Waals surface area contributed by atoms with Crippen molar-refractivity contribution in [3.8, 4) is 11.5 Å². The Bertz CT molecular complexity index is 578. The molecule has 2 fully saturated rings. The molecule has 0 radical (unpaired) electrons. The second kappa shape index (κ2) is 4.08. The zero-order chi connectivity index (χ0) is 14.8. The molecule has 0 saturated carbocycles. The molecule has 3 aliphatic rings. The van der Waals surface area contributed by atoms with Crippen LogP contribution in [0.15, 0.2) is 18.2 Å². The molecule has 21 heavy (non-hydrogen) atoms. The van der Waals surface area contributed by atoms with Gasteiger partial charge in [0.25, 0.3) is 0 Å². The molecule has 2 atom stereocenters. The third kappa shape index (κ3) is 2.00. The molecule has 1 N–H and O–H groups in total. The Balaban J connectivity index is 1.66. The average molecular weight is 297 g/mol. The Kier molecular flexibility index (Phi) is 2.58. The third-order valence-electron chi connectivity index (χ3n) is 5.07. The van der Waals surface area contributed by atoms with Crippen LogP contribution in [0.1, 0.15) is 31.2 Å². The highest BCUT2D eigenvalue weighted by atomic mass is 19.3. The van der Waals surface area contributed by atoms with Crippen LogP contribution in [0, 0.1) is 0 Å². The number of alkyl halides is 2. The van der Waals surface area contributed by atoms with E-state index in [1.165, 1.54) is 12.1 Å². The van der Waals surface area contributed by atoms with Crippen LogP contribution in [-0.2, 0) is 5.60 Å². The van der Waals surface area contributed by atoms with Crippen LogP contribution in [0.5, 0.6) is 11.5 Å². The molecule has 6 heteroatoms. The number of aliphatic hydroxyl groups is 1. The molecule has 114 valence electrons. The first kappa shape index (κ1) is 13.3. The van der Waals surface area contributed by atoms with Crippen LogP contribution in [0.3, 0.4) is 0 Å². The molecule has 0 aromatic heterocycles. The van der Waals surface area contributed by atoms with Crippen molar-refractivity contribution in [2.75, 3.05) is 7.05 Å². The van der Waals surface area contributed by atoms with Gasteiger partial charge in [-0.1, -0.05) is 6.07 Å². The molecule has 0 aliphatic carbocycles. The average Bonchev–Trinajstić information content (AvgIpc) is 2.81. The van der Waals surface area contributed by atoms with Gasteiger partial charge in [0.05, 0.1) is 5.60 Å². The maximum Gasteiger partial charge on any atom is 0.586 e. The molecule has 2 unspecified atom stereocenters. The van der Waals surface area contributed by atoms with E-state index < -0.39 is 11.9 Å². The second-order valence-electron chi connectivity index (χ2n) is 6.32. The largest absolute Gasteiger partial charge is 0.586 e. The summed E-state index contributed by atoms with van der Waals surface area (Å²) in [5.41, 5.74) is -0.346. The van der Waals surface area contributed by atoms with Gasteiger partial charge < -0.3 is 19.5 Å². The smallest absolute Gasteiger partial charge is 0.395 e. The number of fused-ring (bicyclic) bond motifs is 3. The van der Waals surface area contributed by atoms with Gasteiger partial charge >= 0.3 is 6.29 Å². The van der Waals surface area contributed by atoms with Crippen LogP contribution in [0.2, 0.25) is 0 Å². The number of benzene rings is 1. The molecule has 1 aromatic rings. The van der Waals surface area contributed by atoms with Gasteiger partial charge in [0.15, 0.2) is 11.5 Å². The predicted molar refractivity (Wildman–Crippen MR) is 70.3 cm³/mol. The molecule has 4 nitrogen and oxygen atoms in total. The number of nitrogens with zero attached hydrogens (tertiary/aromatic N) is 1. The van der Waals surface area contributed by atoms with E-state index in [1.807, 2.05) is 0 Å². The fraction of sp³-hybridized carbons (Fsp3) is 0.600. The Hall–Kier alpha value is -1.40. The minimum atomic E-state index is -3.62. The summed E-state index contributed by atoms with van der Waals surface area (Å²) in [4.78, 5) is 2.32. The summed E-state index contributed by atoms with van der Waals surface area (Å²) in [5, 5.41) is 11.0. The summed E-state index contributed by atoms with van der Waals surface area (Å²) >= 11 is 0. The lowest BCUT2D eigenvalue weighted by atomic mass is 9.80. The van der Waals surface area contributed by atoms with Gasteiger partial charge in [-0.25, -0.2) is 0 Å². The van der Waals surface area contributed by atoms with E-state index in [-0.39, 0.29) is 11.5 Å². The lowest BCUT2D eigenvalue weighted by Crippen LogP contribution is -2.47. The Morgan fingerprint density at radius 2 is 1.76 bits per heavy atom. The zero-order valence-electron chi connectivity index (χ0n) is 11.7. The monoisotopic (exact) mass is 297 g/mol. The van der Waals surface area contributed by atoms with E-state index in [4.69, 9.17) is 0 Å². The fourth-order valence-corrected chi connectivity index (χ4v) is 3.92. The van der Waals surface area contributed by atoms with Gasteiger partial charge in [-0.05, 0) is 50.4 Å². The van der Waals surface area contributed by atoms with E-state index in [1.54, 1.807) is 6.07 Å². The van der Waals surface area contributed by atoms with Crippen LogP contribution in [0.25, 0.3) is 0 Å². The maximum atomic E-state index is 13.1. The number of hydrogen-bond donors (Lipinski definition) is 1. The van der Waals surface area contributed by atoms with Gasteiger partial charge in [-0.3, -0.25) is 0 Å². The van der Waals surface area contributed by atoms with Crippen LogP contribution < -0.4 is 9.47 Å². The Morgan fingerprint density at radius 1 is 1.14 bits per heavy atom. The van der Waals surface area contributed by atoms with Gasteiger partial charge in [0.2, 0.25) is 0 Å². The van der Waals surface area contributed by atoms with Crippen molar-refractivity contribution < 1.29 is 23.4 Å². The highest BCUT2D eigenvalue weighted by Crippen LogP contribution is 2.48. The van der Waals surface area contributed by atoms with Gasteiger partial charge in [0, 0.05) is 12.1 Å². The topological polar surface area (TPSA) is 41.9 Å². The summed E-state index contributed by atoms with van der Waals surface area (Å²) in [7, 11) is 2.09. The van der Waals surface area contributed by atoms with Crippen molar-refractivity contribution in [3.05, 3.63) is 23.8 Å². The van der Waals surface area contributed by atoms with Crippen molar-refractivity contribution in [2.45, 2.75) is 49.7 Å². The van der Waals surface area contributed by atoms with Crippen LogP contribution in [0.4, 0.5) is 8.78 Å². The number of halogens is 2. The summed E-state index contributed by atoms with van der Waals surface area (Å²) in [6.07, 6.45) is -0.223. The summed E-state index contributed by atoms with van der Waals surface area (Å²) in [5.74, 6) is 0.0143. The SMILES string of the molecule is CN1C2CCC1CC(O)(c1ccc3c(c1)OC(F)(F)O3)C2. The second-order valence-corrected chi connectivity index (χ2v) is 6.32. The van der Waals surface area contributed by atoms with E-state index in [0.29, 0.717) is 30.5 Å². The number of rotatable bonds is 1. The van der Waals surface area contributed by atoms with Crippen molar-refractivity contribution in [3.63, 3.8) is 0 Å². The summed E-state index contributed by atoms with van der Waals surface area (Å²) < 4.78 is 35.0. The number of hydrogen-bond acceptors (Lipinski definition) is 4. The quantitative estimate of drug-likeness (QED) is 0.864. The minimum absolute atomic E-state index is 0.00259. The predicted octanol–water partition coefficient (Wildman–Crippen LogP) is 2.45. The van der Waals surface area contributed by atoms with Crippen molar-refractivity contribution in [1.29, 1.82) is 0 Å². The highest BCUT2D eigenvalue weighted by molar-refractivity contribution is 5.47. The summed E-state index contributed by atoms with van der Waals surface area (Å²) in [6.45, 7) is 0. The third-order valence-corrected chi connectivity index (χ3v) is 5.07. The molecule has 2 saturated heterocycles. The van der Waals surface area contributed by atoms with Crippen LogP contribution >= 0.6 is 0 Å². The van der Waals surface area contributed by atoms with Crippen molar-refractivity contribution in [1.82, 2.24) is 4.90 Å². The molecular weight excluding hydrogens is 280 g/mol. The molecule has 3 aliphatic heterocycles.